The molecule has 6 rings (SSSR count). The summed E-state index contributed by atoms with van der Waals surface area (Å²) in [6, 6.07) is 20.1. The molecule has 0 aliphatic heterocycles. The van der Waals surface area contributed by atoms with E-state index in [1.54, 1.807) is 50.5 Å². The minimum atomic E-state index is -0.521. The van der Waals surface area contributed by atoms with Gasteiger partial charge in [0, 0.05) is 37.6 Å². The van der Waals surface area contributed by atoms with Crippen LogP contribution in [0, 0.1) is 50.4 Å². The fourth-order valence-electron chi connectivity index (χ4n) is 5.97. The third-order valence-corrected chi connectivity index (χ3v) is 9.10. The third kappa shape index (κ3) is 9.82. The van der Waals surface area contributed by atoms with Crippen molar-refractivity contribution in [1.82, 2.24) is 40.2 Å². The fraction of sp³-hybridized carbons (Fsp3) is 0.190. The zero-order valence-electron chi connectivity index (χ0n) is 33.5. The second-order valence-electron chi connectivity index (χ2n) is 13.6. The Morgan fingerprint density at radius 1 is 0.633 bits per heavy atom. The van der Waals surface area contributed by atoms with E-state index in [2.05, 4.69) is 41.4 Å². The lowest BCUT2D eigenvalue weighted by atomic mass is 10.0. The summed E-state index contributed by atoms with van der Waals surface area (Å²) in [6.45, 7) is 10.8. The molecule has 4 amide bonds. The van der Waals surface area contributed by atoms with Gasteiger partial charge in [-0.05, 0) is 100 Å². The van der Waals surface area contributed by atoms with E-state index in [0.29, 0.717) is 45.3 Å². The number of carbonyl (C=O) groups excluding carboxylic acids is 4. The molecule has 0 saturated carbocycles. The molecule has 4 N–H and O–H groups in total. The van der Waals surface area contributed by atoms with Gasteiger partial charge in [-0.1, -0.05) is 35.3 Å². The Kier molecular flexibility index (Phi) is 13.8. The number of carbonyl (C=O) groups is 4. The van der Waals surface area contributed by atoms with E-state index in [9.17, 15) is 29.7 Å². The van der Waals surface area contributed by atoms with E-state index in [4.69, 9.17) is 23.2 Å². The number of nitrogens with zero attached hydrogens (tertiary/aromatic N) is 8. The van der Waals surface area contributed by atoms with E-state index in [0.717, 1.165) is 11.1 Å². The molecular formula is C42H38Cl2N12O4. The largest absolute Gasteiger partial charge is 0.355 e. The SMILES string of the molecule is CNC(=O)c1cc(C#N)cc(C)c1NC(=O)c1cc(Cl)nn1-c1ncccc1C.Cc1cccnc1-n1nc(Cl)cc1C(=O)Nc1c(C)cc(C#N)cc1C(=O)NC(C)C. The Morgan fingerprint density at radius 3 is 1.42 bits per heavy atom. The van der Waals surface area contributed by atoms with E-state index in [-0.39, 0.29) is 38.9 Å². The van der Waals surface area contributed by atoms with Crippen LogP contribution in [0.4, 0.5) is 11.4 Å². The average molecular weight is 846 g/mol. The maximum Gasteiger partial charge on any atom is 0.274 e. The zero-order chi connectivity index (χ0) is 43.8. The van der Waals surface area contributed by atoms with Crippen LogP contribution in [0.2, 0.25) is 10.3 Å². The van der Waals surface area contributed by atoms with Crippen LogP contribution in [0.3, 0.4) is 0 Å². The lowest BCUT2D eigenvalue weighted by Crippen LogP contribution is -2.31. The van der Waals surface area contributed by atoms with Crippen LogP contribution in [0.15, 0.2) is 73.1 Å². The summed E-state index contributed by atoms with van der Waals surface area (Å²) in [5.74, 6) is -0.921. The molecule has 0 saturated heterocycles. The van der Waals surface area contributed by atoms with Crippen LogP contribution in [-0.2, 0) is 0 Å². The Balaban J connectivity index is 0.000000228. The van der Waals surface area contributed by atoms with Crippen molar-refractivity contribution < 1.29 is 19.2 Å². The summed E-state index contributed by atoms with van der Waals surface area (Å²) in [5, 5.41) is 37.9. The maximum atomic E-state index is 13.2. The molecule has 0 radical (unpaired) electrons. The van der Waals surface area contributed by atoms with Gasteiger partial charge >= 0.3 is 0 Å². The van der Waals surface area contributed by atoms with Gasteiger partial charge in [0.15, 0.2) is 21.9 Å². The van der Waals surface area contributed by atoms with Gasteiger partial charge in [-0.3, -0.25) is 19.2 Å². The molecule has 0 spiro atoms. The van der Waals surface area contributed by atoms with Crippen LogP contribution in [0.5, 0.6) is 0 Å². The minimum Gasteiger partial charge on any atom is -0.355 e. The van der Waals surface area contributed by atoms with Crippen LogP contribution in [0.1, 0.15) is 88.9 Å². The standard InChI is InChI=1S/C22H21ClN6O2.C20H17ClN6O2/c1-12(2)26-21(30)16-9-15(11-24)8-14(4)19(16)27-22(31)17-10-18(23)28-29(17)20-13(3)6-5-7-25-20;1-11-5-4-6-24-18(11)27-15(9-16(21)26-27)20(29)25-17-12(2)7-13(10-22)8-14(17)19(28)23-3/h5-10,12H,1-4H3,(H,26,30)(H,27,31);4-9H,1-3H3,(H,23,28)(H,25,29). The second-order valence-corrected chi connectivity index (χ2v) is 14.4. The number of hydrogen-bond acceptors (Lipinski definition) is 10. The van der Waals surface area contributed by atoms with Crippen molar-refractivity contribution in [3.05, 3.63) is 139 Å². The van der Waals surface area contributed by atoms with Crippen LogP contribution >= 0.6 is 23.2 Å². The van der Waals surface area contributed by atoms with Gasteiger partial charge < -0.3 is 21.3 Å². The first-order valence-corrected chi connectivity index (χ1v) is 18.9. The molecule has 0 atom stereocenters. The number of rotatable bonds is 9. The van der Waals surface area contributed by atoms with E-state index >= 15 is 0 Å². The highest BCUT2D eigenvalue weighted by atomic mass is 35.5. The molecular weight excluding hydrogens is 807 g/mol. The Labute approximate surface area is 355 Å². The van der Waals surface area contributed by atoms with Gasteiger partial charge in [0.25, 0.3) is 23.6 Å². The number of nitrogens with one attached hydrogen (secondary N) is 4. The number of halogens is 2. The molecule has 4 heterocycles. The normalized spacial score (nSPS) is 10.5. The maximum absolute atomic E-state index is 13.2. The number of amides is 4. The molecule has 0 aliphatic carbocycles. The Hall–Kier alpha value is -7.40. The molecule has 0 unspecified atom stereocenters. The highest BCUT2D eigenvalue weighted by Gasteiger charge is 2.24. The summed E-state index contributed by atoms with van der Waals surface area (Å²) >= 11 is 12.1. The monoisotopic (exact) mass is 844 g/mol. The van der Waals surface area contributed by atoms with Crippen molar-refractivity contribution in [3.63, 3.8) is 0 Å². The van der Waals surface area contributed by atoms with Crippen LogP contribution < -0.4 is 21.3 Å². The number of anilines is 2. The van der Waals surface area contributed by atoms with Gasteiger partial charge in [0.05, 0.1) is 45.8 Å². The van der Waals surface area contributed by atoms with Crippen molar-refractivity contribution >= 4 is 58.2 Å². The number of aromatic nitrogens is 6. The number of aryl methyl sites for hydroxylation is 4. The van der Waals surface area contributed by atoms with Crippen LogP contribution in [0.25, 0.3) is 11.6 Å². The summed E-state index contributed by atoms with van der Waals surface area (Å²) < 4.78 is 2.71. The van der Waals surface area contributed by atoms with E-state index in [1.807, 2.05) is 52.0 Å². The number of pyridine rings is 2. The van der Waals surface area contributed by atoms with E-state index < -0.39 is 23.6 Å². The van der Waals surface area contributed by atoms with Gasteiger partial charge in [-0.15, -0.1) is 0 Å². The quantitative estimate of drug-likeness (QED) is 0.119. The van der Waals surface area contributed by atoms with Crippen LogP contribution in [-0.4, -0.2) is 66.2 Å². The van der Waals surface area contributed by atoms with Crippen molar-refractivity contribution in [2.75, 3.05) is 17.7 Å². The molecule has 16 nitrogen and oxygen atoms in total. The predicted molar refractivity (Wildman–Crippen MR) is 226 cm³/mol. The lowest BCUT2D eigenvalue weighted by molar-refractivity contribution is 0.0940. The smallest absolute Gasteiger partial charge is 0.274 e. The Morgan fingerprint density at radius 2 is 1.05 bits per heavy atom. The lowest BCUT2D eigenvalue weighted by Gasteiger charge is -2.16. The van der Waals surface area contributed by atoms with Crippen molar-refractivity contribution in [1.29, 1.82) is 10.5 Å². The van der Waals surface area contributed by atoms with Crippen molar-refractivity contribution in [2.45, 2.75) is 47.6 Å². The van der Waals surface area contributed by atoms with Crippen molar-refractivity contribution in [3.8, 4) is 23.8 Å². The molecule has 0 aliphatic rings. The number of nitriles is 2. The van der Waals surface area contributed by atoms with Gasteiger partial charge in [0.2, 0.25) is 0 Å². The molecule has 60 heavy (non-hydrogen) atoms. The fourth-order valence-corrected chi connectivity index (χ4v) is 6.33. The molecule has 2 aromatic carbocycles. The summed E-state index contributed by atoms with van der Waals surface area (Å²) in [6.07, 6.45) is 3.19. The summed E-state index contributed by atoms with van der Waals surface area (Å²) in [7, 11) is 1.47. The zero-order valence-corrected chi connectivity index (χ0v) is 35.0. The molecule has 0 fully saturated rings. The first-order chi connectivity index (χ1) is 28.6. The van der Waals surface area contributed by atoms with Gasteiger partial charge in [0.1, 0.15) is 11.4 Å². The van der Waals surface area contributed by atoms with Gasteiger partial charge in [-0.25, -0.2) is 19.3 Å². The first kappa shape index (κ1) is 43.7. The van der Waals surface area contributed by atoms with E-state index in [1.165, 1.54) is 40.7 Å². The predicted octanol–water partition coefficient (Wildman–Crippen LogP) is 6.82. The molecule has 18 heteroatoms. The highest BCUT2D eigenvalue weighted by molar-refractivity contribution is 6.30. The number of hydrogen-bond donors (Lipinski definition) is 4. The average Bonchev–Trinajstić information content (AvgIpc) is 3.81. The molecule has 6 aromatic rings. The van der Waals surface area contributed by atoms with Gasteiger partial charge in [-0.2, -0.15) is 20.7 Å². The second kappa shape index (κ2) is 18.9. The summed E-state index contributed by atoms with van der Waals surface area (Å²) in [4.78, 5) is 59.8. The first-order valence-electron chi connectivity index (χ1n) is 18.2. The Bertz CT molecular complexity index is 2740. The topological polar surface area (TPSA) is 225 Å². The number of benzene rings is 2. The minimum absolute atomic E-state index is 0.116. The molecule has 0 bridgehead atoms. The molecule has 304 valence electrons. The third-order valence-electron chi connectivity index (χ3n) is 8.73. The highest BCUT2D eigenvalue weighted by Crippen LogP contribution is 2.27. The van der Waals surface area contributed by atoms with Crippen molar-refractivity contribution in [2.24, 2.45) is 0 Å². The molecule has 4 aromatic heterocycles. The summed E-state index contributed by atoms with van der Waals surface area (Å²) in [5.41, 5.74) is 4.71.